The van der Waals surface area contributed by atoms with Crippen molar-refractivity contribution in [3.63, 3.8) is 0 Å². The molecule has 0 fully saturated rings. The van der Waals surface area contributed by atoms with E-state index in [0.717, 1.165) is 25.1 Å². The molecule has 0 amide bonds. The normalized spacial score (nSPS) is 12.7. The molecule has 1 rings (SSSR count). The first-order valence-corrected chi connectivity index (χ1v) is 5.68. The first-order chi connectivity index (χ1) is 7.24. The van der Waals surface area contributed by atoms with Gasteiger partial charge in [-0.15, -0.1) is 0 Å². The molecule has 0 aliphatic heterocycles. The van der Waals surface area contributed by atoms with E-state index in [1.807, 2.05) is 12.1 Å². The molecular weight excluding hydrogens is 189 g/mol. The van der Waals surface area contributed by atoms with Crippen molar-refractivity contribution in [1.82, 2.24) is 5.32 Å². The summed E-state index contributed by atoms with van der Waals surface area (Å²) in [7, 11) is 0. The van der Waals surface area contributed by atoms with Crippen molar-refractivity contribution >= 4 is 0 Å². The van der Waals surface area contributed by atoms with Gasteiger partial charge in [-0.25, -0.2) is 4.39 Å². The van der Waals surface area contributed by atoms with Crippen LogP contribution in [-0.2, 0) is 6.42 Å². The second kappa shape index (κ2) is 6.57. The Morgan fingerprint density at radius 3 is 2.73 bits per heavy atom. The van der Waals surface area contributed by atoms with Crippen LogP contribution in [0.4, 0.5) is 4.39 Å². The van der Waals surface area contributed by atoms with Crippen molar-refractivity contribution in [3.8, 4) is 0 Å². The molecule has 0 aliphatic rings. The van der Waals surface area contributed by atoms with Crippen LogP contribution in [0.3, 0.4) is 0 Å². The van der Waals surface area contributed by atoms with Crippen molar-refractivity contribution in [2.45, 2.75) is 26.7 Å². The van der Waals surface area contributed by atoms with Gasteiger partial charge in [-0.05, 0) is 37.1 Å². The maximum Gasteiger partial charge on any atom is 0.126 e. The highest BCUT2D eigenvalue weighted by Gasteiger charge is 2.01. The molecule has 1 N–H and O–H groups in total. The first-order valence-electron chi connectivity index (χ1n) is 5.68. The highest BCUT2D eigenvalue weighted by atomic mass is 19.1. The predicted octanol–water partition coefficient (Wildman–Crippen LogP) is 3.00. The summed E-state index contributed by atoms with van der Waals surface area (Å²) >= 11 is 0. The Labute approximate surface area is 91.7 Å². The summed E-state index contributed by atoms with van der Waals surface area (Å²) in [6, 6.07) is 6.97. The van der Waals surface area contributed by atoms with Gasteiger partial charge in [-0.3, -0.25) is 0 Å². The number of hydrogen-bond donors (Lipinski definition) is 1. The Morgan fingerprint density at radius 1 is 1.33 bits per heavy atom. The average molecular weight is 209 g/mol. The van der Waals surface area contributed by atoms with Gasteiger partial charge in [0.15, 0.2) is 0 Å². The van der Waals surface area contributed by atoms with Gasteiger partial charge in [0.05, 0.1) is 0 Å². The Kier molecular flexibility index (Phi) is 5.33. The van der Waals surface area contributed by atoms with Crippen molar-refractivity contribution < 1.29 is 4.39 Å². The van der Waals surface area contributed by atoms with Crippen molar-refractivity contribution in [2.75, 3.05) is 13.1 Å². The van der Waals surface area contributed by atoms with Crippen LogP contribution in [0.2, 0.25) is 0 Å². The highest BCUT2D eigenvalue weighted by molar-refractivity contribution is 5.17. The van der Waals surface area contributed by atoms with E-state index >= 15 is 0 Å². The van der Waals surface area contributed by atoms with Crippen LogP contribution in [0.5, 0.6) is 0 Å². The van der Waals surface area contributed by atoms with Crippen LogP contribution in [-0.4, -0.2) is 13.1 Å². The predicted molar refractivity (Wildman–Crippen MR) is 62.4 cm³/mol. The van der Waals surface area contributed by atoms with Gasteiger partial charge >= 0.3 is 0 Å². The molecule has 1 aromatic rings. The zero-order valence-electron chi connectivity index (χ0n) is 9.59. The van der Waals surface area contributed by atoms with Crippen LogP contribution in [0.1, 0.15) is 25.8 Å². The van der Waals surface area contributed by atoms with E-state index in [0.29, 0.717) is 5.92 Å². The van der Waals surface area contributed by atoms with Crippen LogP contribution < -0.4 is 5.32 Å². The Balaban J connectivity index is 2.23. The Hall–Kier alpha value is -0.890. The molecule has 0 saturated heterocycles. The van der Waals surface area contributed by atoms with Crippen LogP contribution in [0.25, 0.3) is 0 Å². The van der Waals surface area contributed by atoms with E-state index in [1.165, 1.54) is 12.5 Å². The number of halogens is 1. The van der Waals surface area contributed by atoms with E-state index in [1.54, 1.807) is 6.07 Å². The lowest BCUT2D eigenvalue weighted by molar-refractivity contribution is 0.499. The summed E-state index contributed by atoms with van der Waals surface area (Å²) in [5, 5.41) is 3.35. The molecule has 84 valence electrons. The zero-order chi connectivity index (χ0) is 11.1. The number of hydrogen-bond acceptors (Lipinski definition) is 1. The minimum Gasteiger partial charge on any atom is -0.316 e. The van der Waals surface area contributed by atoms with Gasteiger partial charge in [0.2, 0.25) is 0 Å². The molecule has 0 spiro atoms. The lowest BCUT2D eigenvalue weighted by Crippen LogP contribution is -2.23. The lowest BCUT2D eigenvalue weighted by Gasteiger charge is -2.10. The maximum absolute atomic E-state index is 13.2. The molecular formula is C13H20FN. The van der Waals surface area contributed by atoms with Gasteiger partial charge in [-0.1, -0.05) is 38.5 Å². The van der Waals surface area contributed by atoms with Crippen LogP contribution >= 0.6 is 0 Å². The van der Waals surface area contributed by atoms with E-state index in [4.69, 9.17) is 0 Å². The van der Waals surface area contributed by atoms with Gasteiger partial charge in [0.25, 0.3) is 0 Å². The maximum atomic E-state index is 13.2. The average Bonchev–Trinajstić information content (AvgIpc) is 2.26. The third-order valence-electron chi connectivity index (χ3n) is 2.72. The van der Waals surface area contributed by atoms with Crippen molar-refractivity contribution in [2.24, 2.45) is 5.92 Å². The fraction of sp³-hybridized carbons (Fsp3) is 0.538. The summed E-state index contributed by atoms with van der Waals surface area (Å²) in [5.74, 6) is 0.605. The van der Waals surface area contributed by atoms with Crippen molar-refractivity contribution in [1.29, 1.82) is 0 Å². The van der Waals surface area contributed by atoms with Gasteiger partial charge in [-0.2, -0.15) is 0 Å². The molecule has 0 heterocycles. The quantitative estimate of drug-likeness (QED) is 0.710. The Bertz CT molecular complexity index is 286. The molecule has 0 radical (unpaired) electrons. The standard InChI is InChI=1S/C13H20FN/c1-3-11(2)10-15-9-8-12-6-4-5-7-13(12)14/h4-7,11,15H,3,8-10H2,1-2H3/t11-/m0/s1. The molecule has 0 bridgehead atoms. The summed E-state index contributed by atoms with van der Waals surface area (Å²) in [5.41, 5.74) is 0.800. The minimum atomic E-state index is -0.0946. The summed E-state index contributed by atoms with van der Waals surface area (Å²) in [6.45, 7) is 6.27. The number of rotatable bonds is 6. The topological polar surface area (TPSA) is 12.0 Å². The molecule has 0 saturated carbocycles. The van der Waals surface area contributed by atoms with Crippen LogP contribution in [0.15, 0.2) is 24.3 Å². The van der Waals surface area contributed by atoms with Crippen molar-refractivity contribution in [3.05, 3.63) is 35.6 Å². The molecule has 0 aliphatic carbocycles. The largest absolute Gasteiger partial charge is 0.316 e. The van der Waals surface area contributed by atoms with E-state index in [2.05, 4.69) is 19.2 Å². The van der Waals surface area contributed by atoms with Gasteiger partial charge in [0.1, 0.15) is 5.82 Å². The third kappa shape index (κ3) is 4.43. The monoisotopic (exact) mass is 209 g/mol. The summed E-state index contributed by atoms with van der Waals surface area (Å²) < 4.78 is 13.2. The highest BCUT2D eigenvalue weighted by Crippen LogP contribution is 2.06. The Morgan fingerprint density at radius 2 is 2.07 bits per heavy atom. The van der Waals surface area contributed by atoms with E-state index < -0.39 is 0 Å². The first kappa shape index (κ1) is 12.2. The van der Waals surface area contributed by atoms with E-state index in [9.17, 15) is 4.39 Å². The molecule has 1 nitrogen and oxygen atoms in total. The number of benzene rings is 1. The van der Waals surface area contributed by atoms with Gasteiger partial charge < -0.3 is 5.32 Å². The summed E-state index contributed by atoms with van der Waals surface area (Å²) in [4.78, 5) is 0. The number of nitrogens with one attached hydrogen (secondary N) is 1. The van der Waals surface area contributed by atoms with Gasteiger partial charge in [0, 0.05) is 0 Å². The molecule has 0 unspecified atom stereocenters. The smallest absolute Gasteiger partial charge is 0.126 e. The van der Waals surface area contributed by atoms with Crippen LogP contribution in [0, 0.1) is 11.7 Å². The summed E-state index contributed by atoms with van der Waals surface area (Å²) in [6.07, 6.45) is 1.95. The molecule has 15 heavy (non-hydrogen) atoms. The second-order valence-electron chi connectivity index (χ2n) is 4.06. The zero-order valence-corrected chi connectivity index (χ0v) is 9.59. The van der Waals surface area contributed by atoms with E-state index in [-0.39, 0.29) is 5.82 Å². The fourth-order valence-electron chi connectivity index (χ4n) is 1.42. The third-order valence-corrected chi connectivity index (χ3v) is 2.72. The SMILES string of the molecule is CC[C@H](C)CNCCc1ccccc1F. The second-order valence-corrected chi connectivity index (χ2v) is 4.06. The minimum absolute atomic E-state index is 0.0946. The molecule has 1 atom stereocenters. The molecule has 2 heteroatoms. The lowest BCUT2D eigenvalue weighted by atomic mass is 10.1. The fourth-order valence-corrected chi connectivity index (χ4v) is 1.42. The molecule has 0 aromatic heterocycles. The molecule has 1 aromatic carbocycles.